The molecule has 0 spiro atoms. The number of amides is 1. The number of thioether (sulfide) groups is 1. The second kappa shape index (κ2) is 13.0. The fourth-order valence-corrected chi connectivity index (χ4v) is 5.16. The number of methoxy groups -OCH3 is 2. The van der Waals surface area contributed by atoms with Crippen LogP contribution < -0.4 is 14.8 Å². The number of nitrogens with one attached hydrogen (secondary N) is 2. The molecule has 0 unspecified atom stereocenters. The molecule has 3 aromatic carbocycles. The number of hydrogen-bond acceptors (Lipinski definition) is 7. The maximum absolute atomic E-state index is 12.7. The van der Waals surface area contributed by atoms with Crippen molar-refractivity contribution in [3.05, 3.63) is 103 Å². The van der Waals surface area contributed by atoms with E-state index in [1.807, 2.05) is 41.1 Å². The molecule has 0 aliphatic carbocycles. The fourth-order valence-electron chi connectivity index (χ4n) is 4.41. The monoisotopic (exact) mass is 579 g/mol. The molecule has 0 bridgehead atoms. The first-order valence-electron chi connectivity index (χ1n) is 13.1. The van der Waals surface area contributed by atoms with Crippen LogP contribution in [0.2, 0.25) is 0 Å². The van der Waals surface area contributed by atoms with Crippen LogP contribution in [0.25, 0.3) is 28.4 Å². The first kappa shape index (κ1) is 28.4. The summed E-state index contributed by atoms with van der Waals surface area (Å²) < 4.78 is 12.5. The number of aromatic amines is 1. The van der Waals surface area contributed by atoms with Crippen molar-refractivity contribution in [2.45, 2.75) is 11.7 Å². The van der Waals surface area contributed by atoms with Gasteiger partial charge < -0.3 is 19.8 Å². The van der Waals surface area contributed by atoms with Crippen LogP contribution in [-0.4, -0.2) is 51.4 Å². The summed E-state index contributed by atoms with van der Waals surface area (Å²) in [5, 5.41) is 13.3. The molecule has 9 nitrogen and oxygen atoms in total. The number of carbonyl (C=O) groups excluding carboxylic acids is 2. The molecular formula is C32H29N5O4S. The highest BCUT2D eigenvalue weighted by molar-refractivity contribution is 7.99. The van der Waals surface area contributed by atoms with Gasteiger partial charge >= 0.3 is 0 Å². The highest BCUT2D eigenvalue weighted by Gasteiger charge is 2.18. The molecule has 0 atom stereocenters. The van der Waals surface area contributed by atoms with Crippen molar-refractivity contribution >= 4 is 46.1 Å². The van der Waals surface area contributed by atoms with Crippen LogP contribution in [0.1, 0.15) is 15.9 Å². The van der Waals surface area contributed by atoms with E-state index in [1.54, 1.807) is 62.8 Å². The summed E-state index contributed by atoms with van der Waals surface area (Å²) in [5.74, 6) is 1.68. The van der Waals surface area contributed by atoms with Crippen LogP contribution in [0.3, 0.4) is 0 Å². The maximum Gasteiger partial charge on any atom is 0.234 e. The number of nitrogens with zero attached hydrogens (tertiary/aromatic N) is 3. The lowest BCUT2D eigenvalue weighted by Gasteiger charge is -2.08. The van der Waals surface area contributed by atoms with Crippen molar-refractivity contribution in [2.24, 2.45) is 0 Å². The lowest BCUT2D eigenvalue weighted by molar-refractivity contribution is -0.113. The topological polar surface area (TPSA) is 111 Å². The molecule has 0 aliphatic rings. The molecule has 0 saturated heterocycles. The van der Waals surface area contributed by atoms with E-state index in [2.05, 4.69) is 27.1 Å². The van der Waals surface area contributed by atoms with Gasteiger partial charge in [0.15, 0.2) is 28.3 Å². The molecule has 10 heteroatoms. The average molecular weight is 580 g/mol. The Morgan fingerprint density at radius 1 is 1.02 bits per heavy atom. The molecule has 5 aromatic rings. The van der Waals surface area contributed by atoms with Crippen LogP contribution in [0.4, 0.5) is 5.69 Å². The number of ketones is 1. The maximum atomic E-state index is 12.7. The van der Waals surface area contributed by atoms with E-state index in [0.29, 0.717) is 40.3 Å². The van der Waals surface area contributed by atoms with E-state index in [-0.39, 0.29) is 17.4 Å². The fraction of sp³-hybridized carbons (Fsp3) is 0.125. The van der Waals surface area contributed by atoms with Crippen molar-refractivity contribution in [2.75, 3.05) is 25.3 Å². The zero-order valence-electron chi connectivity index (χ0n) is 23.2. The smallest absolute Gasteiger partial charge is 0.234 e. The van der Waals surface area contributed by atoms with Gasteiger partial charge in [0.2, 0.25) is 5.91 Å². The highest BCUT2D eigenvalue weighted by Crippen LogP contribution is 2.30. The SMILES string of the molecule is C=CCn1c(SCC(=O)Nc2ccc(C(=O)/C=C/c3ccc(OC)c(OC)c3)cc2)nnc1-c1c[nH]c2ccccc12. The van der Waals surface area contributed by atoms with Crippen molar-refractivity contribution < 1.29 is 19.1 Å². The van der Waals surface area contributed by atoms with E-state index < -0.39 is 0 Å². The Hall–Kier alpha value is -5.09. The van der Waals surface area contributed by atoms with Crippen LogP contribution in [0, 0.1) is 0 Å². The molecule has 0 aliphatic heterocycles. The Kier molecular flexibility index (Phi) is 8.84. The van der Waals surface area contributed by atoms with Gasteiger partial charge in [-0.2, -0.15) is 0 Å². The van der Waals surface area contributed by atoms with Crippen LogP contribution in [-0.2, 0) is 11.3 Å². The van der Waals surface area contributed by atoms with Gasteiger partial charge in [-0.05, 0) is 54.1 Å². The zero-order valence-corrected chi connectivity index (χ0v) is 24.0. The molecule has 42 heavy (non-hydrogen) atoms. The molecule has 0 fully saturated rings. The molecule has 2 heterocycles. The number of ether oxygens (including phenoxy) is 2. The van der Waals surface area contributed by atoms with E-state index in [9.17, 15) is 9.59 Å². The third-order valence-corrected chi connectivity index (χ3v) is 7.45. The van der Waals surface area contributed by atoms with Gasteiger partial charge in [0, 0.05) is 40.5 Å². The lowest BCUT2D eigenvalue weighted by Crippen LogP contribution is -2.14. The number of allylic oxidation sites excluding steroid dienone is 2. The minimum Gasteiger partial charge on any atom is -0.493 e. The average Bonchev–Trinajstić information content (AvgIpc) is 3.63. The number of rotatable bonds is 12. The molecule has 2 aromatic heterocycles. The molecular weight excluding hydrogens is 550 g/mol. The molecule has 1 amide bonds. The standard InChI is InChI=1S/C32H29N5O4S/c1-4-17-37-31(25-19-33-26-8-6-5-7-24(25)26)35-36-32(37)42-20-30(39)34-23-13-11-22(12-14-23)27(38)15-9-21-10-16-28(40-2)29(18-21)41-3/h4-16,18-19,33H,1,17,20H2,2-3H3,(H,34,39)/b15-9+. The lowest BCUT2D eigenvalue weighted by atomic mass is 10.1. The summed E-state index contributed by atoms with van der Waals surface area (Å²) in [7, 11) is 3.13. The normalized spacial score (nSPS) is 11.1. The molecule has 5 rings (SSSR count). The quantitative estimate of drug-likeness (QED) is 0.0777. The molecule has 0 radical (unpaired) electrons. The number of H-pyrrole nitrogens is 1. The molecule has 0 saturated carbocycles. The minimum atomic E-state index is -0.200. The third-order valence-electron chi connectivity index (χ3n) is 6.48. The van der Waals surface area contributed by atoms with Crippen molar-refractivity contribution in [1.82, 2.24) is 19.7 Å². The highest BCUT2D eigenvalue weighted by atomic mass is 32.2. The summed E-state index contributed by atoms with van der Waals surface area (Å²) in [5.41, 5.74) is 3.84. The van der Waals surface area contributed by atoms with E-state index in [0.717, 1.165) is 22.0 Å². The minimum absolute atomic E-state index is 0.137. The van der Waals surface area contributed by atoms with Gasteiger partial charge in [0.05, 0.1) is 20.0 Å². The van der Waals surface area contributed by atoms with Crippen molar-refractivity contribution in [1.29, 1.82) is 0 Å². The molecule has 212 valence electrons. The zero-order chi connectivity index (χ0) is 29.5. The van der Waals surface area contributed by atoms with E-state index in [4.69, 9.17) is 9.47 Å². The van der Waals surface area contributed by atoms with Gasteiger partial charge in [-0.15, -0.1) is 16.8 Å². The number of hydrogen-bond donors (Lipinski definition) is 2. The number of para-hydroxylation sites is 1. The number of carbonyl (C=O) groups is 2. The van der Waals surface area contributed by atoms with Crippen molar-refractivity contribution in [3.63, 3.8) is 0 Å². The van der Waals surface area contributed by atoms with E-state index >= 15 is 0 Å². The second-order valence-corrected chi connectivity index (χ2v) is 10.1. The van der Waals surface area contributed by atoms with E-state index in [1.165, 1.54) is 17.8 Å². The Morgan fingerprint density at radius 3 is 2.57 bits per heavy atom. The predicted molar refractivity (Wildman–Crippen MR) is 166 cm³/mol. The number of aromatic nitrogens is 4. The largest absolute Gasteiger partial charge is 0.493 e. The number of benzene rings is 3. The van der Waals surface area contributed by atoms with Gasteiger partial charge in [0.25, 0.3) is 0 Å². The summed E-state index contributed by atoms with van der Waals surface area (Å²) in [4.78, 5) is 28.7. The van der Waals surface area contributed by atoms with Crippen molar-refractivity contribution in [3.8, 4) is 22.9 Å². The van der Waals surface area contributed by atoms with Gasteiger partial charge in [-0.25, -0.2) is 0 Å². The molecule has 2 N–H and O–H groups in total. The summed E-state index contributed by atoms with van der Waals surface area (Å²) in [6.45, 7) is 4.36. The van der Waals surface area contributed by atoms with Gasteiger partial charge in [-0.3, -0.25) is 14.2 Å². The third kappa shape index (κ3) is 6.29. The Morgan fingerprint density at radius 2 is 1.81 bits per heavy atom. The Labute approximate surface area is 247 Å². The summed E-state index contributed by atoms with van der Waals surface area (Å²) >= 11 is 1.29. The van der Waals surface area contributed by atoms with Crippen LogP contribution in [0.5, 0.6) is 11.5 Å². The first-order chi connectivity index (χ1) is 20.5. The Balaban J connectivity index is 1.20. The van der Waals surface area contributed by atoms with Gasteiger partial charge in [0.1, 0.15) is 0 Å². The second-order valence-electron chi connectivity index (χ2n) is 9.18. The Bertz CT molecular complexity index is 1770. The van der Waals surface area contributed by atoms with Crippen LogP contribution in [0.15, 0.2) is 96.8 Å². The predicted octanol–water partition coefficient (Wildman–Crippen LogP) is 6.26. The first-order valence-corrected chi connectivity index (χ1v) is 14.1. The summed E-state index contributed by atoms with van der Waals surface area (Å²) in [6.07, 6.45) is 6.90. The summed E-state index contributed by atoms with van der Waals surface area (Å²) in [6, 6.07) is 20.2. The number of fused-ring (bicyclic) bond motifs is 1. The van der Waals surface area contributed by atoms with Crippen LogP contribution >= 0.6 is 11.8 Å². The number of anilines is 1. The van der Waals surface area contributed by atoms with Gasteiger partial charge in [-0.1, -0.05) is 48.2 Å².